The molecule has 0 fully saturated rings. The Labute approximate surface area is 98.4 Å². The van der Waals surface area contributed by atoms with Crippen molar-refractivity contribution in [3.63, 3.8) is 0 Å². The van der Waals surface area contributed by atoms with Crippen molar-refractivity contribution in [1.29, 1.82) is 0 Å². The van der Waals surface area contributed by atoms with E-state index in [1.807, 2.05) is 6.92 Å². The van der Waals surface area contributed by atoms with Gasteiger partial charge in [0.1, 0.15) is 5.75 Å². The van der Waals surface area contributed by atoms with Gasteiger partial charge in [-0.1, -0.05) is 6.92 Å². The van der Waals surface area contributed by atoms with E-state index in [9.17, 15) is 4.79 Å². The van der Waals surface area contributed by atoms with Crippen LogP contribution < -0.4 is 10.1 Å². The molecule has 0 saturated carbocycles. The predicted octanol–water partition coefficient (Wildman–Crippen LogP) is 2.50. The number of carbonyl (C=O) groups is 1. The van der Waals surface area contributed by atoms with E-state index in [-0.39, 0.29) is 11.3 Å². The van der Waals surface area contributed by atoms with Gasteiger partial charge in [0.25, 0.3) is 5.91 Å². The molecular formula is C10H14ClNO2S. The summed E-state index contributed by atoms with van der Waals surface area (Å²) < 4.78 is 5.00. The van der Waals surface area contributed by atoms with E-state index in [2.05, 4.69) is 5.32 Å². The van der Waals surface area contributed by atoms with Crippen LogP contribution in [-0.2, 0) is 0 Å². The standard InChI is InChI=1S/C10H14ClNO2S/c1-3-7(11)5-12-10(13)9-4-8(14-2)6-15-9/h4,6-7H,3,5H2,1-2H3,(H,12,13). The third-order valence-corrected chi connectivity index (χ3v) is 3.33. The summed E-state index contributed by atoms with van der Waals surface area (Å²) in [5.74, 6) is 0.616. The van der Waals surface area contributed by atoms with E-state index in [1.54, 1.807) is 18.6 Å². The van der Waals surface area contributed by atoms with Gasteiger partial charge in [-0.3, -0.25) is 4.79 Å². The molecule has 0 aliphatic carbocycles. The van der Waals surface area contributed by atoms with Crippen molar-refractivity contribution in [2.75, 3.05) is 13.7 Å². The average Bonchev–Trinajstić information content (AvgIpc) is 2.73. The summed E-state index contributed by atoms with van der Waals surface area (Å²) in [4.78, 5) is 12.2. The first kappa shape index (κ1) is 12.3. The van der Waals surface area contributed by atoms with Gasteiger partial charge in [0, 0.05) is 18.0 Å². The highest BCUT2D eigenvalue weighted by molar-refractivity contribution is 7.12. The summed E-state index contributed by atoms with van der Waals surface area (Å²) in [6, 6.07) is 1.72. The van der Waals surface area contributed by atoms with Crippen molar-refractivity contribution in [2.45, 2.75) is 18.7 Å². The first-order chi connectivity index (χ1) is 7.17. The molecule has 3 nitrogen and oxygen atoms in total. The maximum atomic E-state index is 11.6. The zero-order valence-corrected chi connectivity index (χ0v) is 10.3. The Morgan fingerprint density at radius 3 is 3.00 bits per heavy atom. The van der Waals surface area contributed by atoms with Gasteiger partial charge in [0.2, 0.25) is 0 Å². The van der Waals surface area contributed by atoms with E-state index < -0.39 is 0 Å². The quantitative estimate of drug-likeness (QED) is 0.812. The van der Waals surface area contributed by atoms with Gasteiger partial charge in [-0.15, -0.1) is 22.9 Å². The molecule has 84 valence electrons. The Morgan fingerprint density at radius 2 is 2.47 bits per heavy atom. The molecule has 1 atom stereocenters. The maximum absolute atomic E-state index is 11.6. The summed E-state index contributed by atoms with van der Waals surface area (Å²) in [6.45, 7) is 2.48. The Bertz CT molecular complexity index is 327. The predicted molar refractivity (Wildman–Crippen MR) is 63.1 cm³/mol. The Kier molecular flexibility index (Phi) is 4.91. The van der Waals surface area contributed by atoms with Crippen LogP contribution in [-0.4, -0.2) is 24.9 Å². The molecule has 15 heavy (non-hydrogen) atoms. The molecule has 0 spiro atoms. The van der Waals surface area contributed by atoms with Crippen LogP contribution in [0.1, 0.15) is 23.0 Å². The molecule has 1 heterocycles. The SMILES string of the molecule is CCC(Cl)CNC(=O)c1cc(OC)cs1. The van der Waals surface area contributed by atoms with Crippen LogP contribution in [0.4, 0.5) is 0 Å². The van der Waals surface area contributed by atoms with E-state index in [4.69, 9.17) is 16.3 Å². The van der Waals surface area contributed by atoms with Crippen molar-refractivity contribution in [3.8, 4) is 5.75 Å². The minimum Gasteiger partial charge on any atom is -0.496 e. The zero-order chi connectivity index (χ0) is 11.3. The normalized spacial score (nSPS) is 12.2. The van der Waals surface area contributed by atoms with Crippen LogP contribution in [0.2, 0.25) is 0 Å². The largest absolute Gasteiger partial charge is 0.496 e. The summed E-state index contributed by atoms with van der Waals surface area (Å²) in [5.41, 5.74) is 0. The van der Waals surface area contributed by atoms with Crippen molar-refractivity contribution in [2.24, 2.45) is 0 Å². The van der Waals surface area contributed by atoms with Crippen molar-refractivity contribution in [3.05, 3.63) is 16.3 Å². The first-order valence-electron chi connectivity index (χ1n) is 4.72. The molecule has 1 N–H and O–H groups in total. The molecule has 1 unspecified atom stereocenters. The third kappa shape index (κ3) is 3.72. The lowest BCUT2D eigenvalue weighted by molar-refractivity contribution is 0.0957. The van der Waals surface area contributed by atoms with Crippen molar-refractivity contribution < 1.29 is 9.53 Å². The Morgan fingerprint density at radius 1 is 1.73 bits per heavy atom. The molecule has 1 aromatic rings. The average molecular weight is 248 g/mol. The fraction of sp³-hybridized carbons (Fsp3) is 0.500. The molecule has 0 aromatic carbocycles. The number of methoxy groups -OCH3 is 1. The van der Waals surface area contributed by atoms with Crippen LogP contribution >= 0.6 is 22.9 Å². The smallest absolute Gasteiger partial charge is 0.261 e. The first-order valence-corrected chi connectivity index (χ1v) is 6.03. The number of alkyl halides is 1. The van der Waals surface area contributed by atoms with E-state index >= 15 is 0 Å². The minimum atomic E-state index is -0.0950. The van der Waals surface area contributed by atoms with Gasteiger partial charge in [-0.25, -0.2) is 0 Å². The fourth-order valence-electron chi connectivity index (χ4n) is 0.980. The summed E-state index contributed by atoms with van der Waals surface area (Å²) in [6.07, 6.45) is 0.843. The van der Waals surface area contributed by atoms with Crippen LogP contribution in [0.15, 0.2) is 11.4 Å². The maximum Gasteiger partial charge on any atom is 0.261 e. The fourth-order valence-corrected chi connectivity index (χ4v) is 1.83. The van der Waals surface area contributed by atoms with Crippen molar-refractivity contribution >= 4 is 28.8 Å². The number of halogens is 1. The lowest BCUT2D eigenvalue weighted by Gasteiger charge is -2.06. The molecule has 0 radical (unpaired) electrons. The molecule has 1 aromatic heterocycles. The number of carbonyl (C=O) groups excluding carboxylic acids is 1. The molecule has 0 aliphatic rings. The van der Waals surface area contributed by atoms with E-state index in [0.717, 1.165) is 6.42 Å². The second-order valence-electron chi connectivity index (χ2n) is 3.07. The summed E-state index contributed by atoms with van der Waals surface area (Å²) >= 11 is 7.25. The number of rotatable bonds is 5. The lowest BCUT2D eigenvalue weighted by Crippen LogP contribution is -2.28. The third-order valence-electron chi connectivity index (χ3n) is 1.96. The van der Waals surface area contributed by atoms with Crippen LogP contribution in [0.3, 0.4) is 0 Å². The monoisotopic (exact) mass is 247 g/mol. The molecule has 0 aliphatic heterocycles. The number of ether oxygens (including phenoxy) is 1. The Balaban J connectivity index is 2.46. The highest BCUT2D eigenvalue weighted by atomic mass is 35.5. The second kappa shape index (κ2) is 5.98. The zero-order valence-electron chi connectivity index (χ0n) is 8.75. The number of hydrogen-bond donors (Lipinski definition) is 1. The van der Waals surface area contributed by atoms with E-state index in [1.165, 1.54) is 11.3 Å². The Hall–Kier alpha value is -0.740. The lowest BCUT2D eigenvalue weighted by atomic mass is 10.3. The van der Waals surface area contributed by atoms with Gasteiger partial charge in [0.15, 0.2) is 0 Å². The highest BCUT2D eigenvalue weighted by Crippen LogP contribution is 2.20. The molecule has 1 rings (SSSR count). The van der Waals surface area contributed by atoms with Crippen molar-refractivity contribution in [1.82, 2.24) is 5.32 Å². The summed E-state index contributed by atoms with van der Waals surface area (Å²) in [7, 11) is 1.58. The number of amides is 1. The molecule has 1 amide bonds. The van der Waals surface area contributed by atoms with Gasteiger partial charge in [-0.2, -0.15) is 0 Å². The van der Waals surface area contributed by atoms with Gasteiger partial charge < -0.3 is 10.1 Å². The minimum absolute atomic E-state index is 0.00388. The molecule has 0 bridgehead atoms. The topological polar surface area (TPSA) is 38.3 Å². The molecule has 0 saturated heterocycles. The van der Waals surface area contributed by atoms with Gasteiger partial charge in [0.05, 0.1) is 17.4 Å². The van der Waals surface area contributed by atoms with Gasteiger partial charge >= 0.3 is 0 Å². The number of thiophene rings is 1. The van der Waals surface area contributed by atoms with E-state index in [0.29, 0.717) is 17.2 Å². The second-order valence-corrected chi connectivity index (χ2v) is 4.59. The van der Waals surface area contributed by atoms with Gasteiger partial charge in [-0.05, 0) is 6.42 Å². The van der Waals surface area contributed by atoms with Crippen LogP contribution in [0.25, 0.3) is 0 Å². The highest BCUT2D eigenvalue weighted by Gasteiger charge is 2.10. The number of hydrogen-bond acceptors (Lipinski definition) is 3. The molecular weight excluding hydrogens is 234 g/mol. The number of nitrogens with one attached hydrogen (secondary N) is 1. The summed E-state index contributed by atoms with van der Waals surface area (Å²) in [5, 5.41) is 4.57. The molecule has 5 heteroatoms. The van der Waals surface area contributed by atoms with Crippen LogP contribution in [0.5, 0.6) is 5.75 Å². The van der Waals surface area contributed by atoms with Crippen LogP contribution in [0, 0.1) is 0 Å².